The number of fused-ring (bicyclic) bond motifs is 2. The van der Waals surface area contributed by atoms with Gasteiger partial charge in [-0.1, -0.05) is 61.4 Å². The first-order valence-corrected chi connectivity index (χ1v) is 34.8. The van der Waals surface area contributed by atoms with E-state index in [1.807, 2.05) is 139 Å². The van der Waals surface area contributed by atoms with Gasteiger partial charge in [-0.05, 0) is 213 Å². The molecule has 82 heavy (non-hydrogen) atoms. The number of esters is 2. The van der Waals surface area contributed by atoms with Crippen LogP contribution in [0.4, 0.5) is 0 Å². The Morgan fingerprint density at radius 2 is 0.854 bits per heavy atom. The molecule has 0 aliphatic carbocycles. The first-order chi connectivity index (χ1) is 39.4. The molecule has 4 aliphatic rings. The molecule has 4 aliphatic heterocycles. The standard InChI is InChI=1S/C39H47NO6.C29H31NO4.I2/c1-26-32-20-19-31(45-37(42)39(5,6)7)25-33(32)46-35(34(26)27-11-17-30(18-12-27)44-36(41)38(2,3)4)28-13-15-29(16-14-28)43-24-23-40-21-9-8-10-22-40;1-20-26-14-11-24(32)19-27(26)34-29(28(20)21-5-9-23(31)10-6-21)22-7-12-25(13-8-22)33-18-17-30-15-3-2-4-16-30;1-2/h11-20,25,35H,8-10,21-24H2,1-7H3;5-14,19,29,31-32H,2-4,15-18H2,1H3;. The van der Waals surface area contributed by atoms with Crippen molar-refractivity contribution in [3.63, 3.8) is 0 Å². The number of rotatable bonds is 14. The van der Waals surface area contributed by atoms with E-state index in [0.29, 0.717) is 36.2 Å². The second kappa shape index (κ2) is 28.5. The normalized spacial score (nSPS) is 17.3. The Hall–Kier alpha value is -6.08. The minimum atomic E-state index is -0.632. The molecule has 2 fully saturated rings. The Kier molecular flexibility index (Phi) is 21.5. The molecule has 0 amide bonds. The summed E-state index contributed by atoms with van der Waals surface area (Å²) in [7, 11) is 0. The van der Waals surface area contributed by atoms with Crippen molar-refractivity contribution in [2.45, 2.75) is 106 Å². The van der Waals surface area contributed by atoms with Crippen LogP contribution in [0.5, 0.6) is 46.0 Å². The van der Waals surface area contributed by atoms with E-state index in [0.717, 1.165) is 93.4 Å². The van der Waals surface area contributed by atoms with Gasteiger partial charge in [0.15, 0.2) is 0 Å². The summed E-state index contributed by atoms with van der Waals surface area (Å²) < 4.78 is 36.6. The molecule has 6 aromatic carbocycles. The summed E-state index contributed by atoms with van der Waals surface area (Å²) in [5.74, 6) is 3.71. The van der Waals surface area contributed by atoms with Gasteiger partial charge in [-0.2, -0.15) is 0 Å². The average molecular weight is 1340 g/mol. The third kappa shape index (κ3) is 16.2. The van der Waals surface area contributed by atoms with E-state index in [9.17, 15) is 19.8 Å². The number of aromatic hydroxyl groups is 2. The number of phenols is 2. The van der Waals surface area contributed by atoms with Crippen molar-refractivity contribution < 1.29 is 48.2 Å². The second-order valence-electron chi connectivity index (χ2n) is 23.4. The summed E-state index contributed by atoms with van der Waals surface area (Å²) in [6, 6.07) is 41.7. The van der Waals surface area contributed by atoms with Crippen molar-refractivity contribution in [1.82, 2.24) is 9.80 Å². The molecule has 6 aromatic rings. The zero-order chi connectivity index (χ0) is 58.6. The van der Waals surface area contributed by atoms with Crippen molar-refractivity contribution in [3.8, 4) is 46.0 Å². The topological polar surface area (TPSA) is 136 Å². The molecule has 10 rings (SSSR count). The predicted octanol–water partition coefficient (Wildman–Crippen LogP) is 16.3. The summed E-state index contributed by atoms with van der Waals surface area (Å²) in [5.41, 5.74) is 8.70. The predicted molar refractivity (Wildman–Crippen MR) is 343 cm³/mol. The highest BCUT2D eigenvalue weighted by atomic mass is 128. The first kappa shape index (κ1) is 62.0. The number of ether oxygens (including phenoxy) is 6. The largest absolute Gasteiger partial charge is 0.508 e. The maximum Gasteiger partial charge on any atom is 0.316 e. The fraction of sp³-hybridized carbons (Fsp3) is 0.382. The molecule has 14 heteroatoms. The fourth-order valence-electron chi connectivity index (χ4n) is 10.4. The number of carbonyl (C=O) groups excluding carboxylic acids is 2. The van der Waals surface area contributed by atoms with Gasteiger partial charge in [0.25, 0.3) is 0 Å². The van der Waals surface area contributed by atoms with Gasteiger partial charge in [-0.25, -0.2) is 0 Å². The molecule has 2 saturated heterocycles. The van der Waals surface area contributed by atoms with Crippen molar-refractivity contribution in [1.29, 1.82) is 0 Å². The SMILES string of the molecule is CC1=C(c2ccc(O)cc2)C(c2ccc(OCCN3CCCCC3)cc2)Oc2cc(O)ccc21.CC1=C(c2ccc(OC(=O)C(C)(C)C)cc2)C(c2ccc(OCCN3CCCCC3)cc2)Oc2cc(OC(=O)C(C)(C)C)ccc21.II. The van der Waals surface area contributed by atoms with Crippen LogP contribution < -0.4 is 28.4 Å². The third-order valence-corrected chi connectivity index (χ3v) is 15.2. The number of hydrogen-bond donors (Lipinski definition) is 2. The van der Waals surface area contributed by atoms with E-state index in [4.69, 9.17) is 28.4 Å². The van der Waals surface area contributed by atoms with Gasteiger partial charge in [-0.3, -0.25) is 19.4 Å². The molecule has 0 aromatic heterocycles. The number of hydrogen-bond acceptors (Lipinski definition) is 12. The number of allylic oxidation sites excluding steroid dienone is 2. The molecule has 0 saturated carbocycles. The minimum Gasteiger partial charge on any atom is -0.508 e. The van der Waals surface area contributed by atoms with E-state index in [-0.39, 0.29) is 29.5 Å². The quantitative estimate of drug-likeness (QED) is 0.0610. The van der Waals surface area contributed by atoms with Crippen LogP contribution >= 0.6 is 37.2 Å². The number of nitrogens with zero attached hydrogens (tertiary/aromatic N) is 2. The molecule has 2 N–H and O–H groups in total. The van der Waals surface area contributed by atoms with E-state index in [1.54, 1.807) is 36.4 Å². The van der Waals surface area contributed by atoms with Crippen LogP contribution in [0.25, 0.3) is 22.3 Å². The molecule has 0 radical (unpaired) electrons. The Morgan fingerprint density at radius 1 is 0.488 bits per heavy atom. The molecule has 12 nitrogen and oxygen atoms in total. The van der Waals surface area contributed by atoms with Gasteiger partial charge in [-0.15, -0.1) is 0 Å². The van der Waals surface area contributed by atoms with E-state index in [1.165, 1.54) is 51.6 Å². The molecule has 2 atom stereocenters. The minimum absolute atomic E-state index is 0.177. The van der Waals surface area contributed by atoms with E-state index < -0.39 is 16.9 Å². The van der Waals surface area contributed by atoms with Crippen molar-refractivity contribution in [3.05, 3.63) is 167 Å². The summed E-state index contributed by atoms with van der Waals surface area (Å²) in [6.07, 6.45) is 6.97. The highest BCUT2D eigenvalue weighted by Crippen LogP contribution is 2.50. The van der Waals surface area contributed by atoms with Crippen LogP contribution in [0.1, 0.15) is 140 Å². The van der Waals surface area contributed by atoms with Crippen LogP contribution in [0.3, 0.4) is 0 Å². The number of phenolic OH excluding ortho intramolecular Hbond substituents is 2. The summed E-state index contributed by atoms with van der Waals surface area (Å²) in [5, 5.41) is 19.8. The van der Waals surface area contributed by atoms with Crippen LogP contribution in [0.2, 0.25) is 0 Å². The van der Waals surface area contributed by atoms with Crippen molar-refractivity contribution in [2.75, 3.05) is 52.5 Å². The number of benzene rings is 6. The lowest BCUT2D eigenvalue weighted by Gasteiger charge is -2.31. The van der Waals surface area contributed by atoms with Crippen molar-refractivity contribution >= 4 is 71.5 Å². The maximum atomic E-state index is 12.6. The van der Waals surface area contributed by atoms with Gasteiger partial charge in [0.05, 0.1) is 10.8 Å². The Morgan fingerprint density at radius 3 is 1.29 bits per heavy atom. The monoisotopic (exact) mass is 1340 g/mol. The zero-order valence-corrected chi connectivity index (χ0v) is 52.9. The Labute approximate surface area is 508 Å². The lowest BCUT2D eigenvalue weighted by atomic mass is 9.86. The summed E-state index contributed by atoms with van der Waals surface area (Å²) in [4.78, 5) is 30.0. The lowest BCUT2D eigenvalue weighted by Crippen LogP contribution is -2.33. The number of piperidine rings is 2. The zero-order valence-electron chi connectivity index (χ0n) is 48.6. The fourth-order valence-corrected chi connectivity index (χ4v) is 10.4. The number of halogens is 2. The van der Waals surface area contributed by atoms with Gasteiger partial charge >= 0.3 is 11.9 Å². The van der Waals surface area contributed by atoms with Gasteiger partial charge in [0.1, 0.15) is 71.4 Å². The van der Waals surface area contributed by atoms with Gasteiger partial charge in [0.2, 0.25) is 0 Å². The second-order valence-corrected chi connectivity index (χ2v) is 23.4. The number of likely N-dealkylation sites (tertiary alicyclic amines) is 2. The average Bonchev–Trinajstić information content (AvgIpc) is 3.38. The number of carbonyl (C=O) groups is 2. The molecule has 4 heterocycles. The third-order valence-electron chi connectivity index (χ3n) is 15.2. The highest BCUT2D eigenvalue weighted by molar-refractivity contribution is 15.0. The summed E-state index contributed by atoms with van der Waals surface area (Å²) >= 11 is 4.24. The van der Waals surface area contributed by atoms with E-state index >= 15 is 0 Å². The maximum absolute atomic E-state index is 12.6. The summed E-state index contributed by atoms with van der Waals surface area (Å²) in [6.45, 7) is 23.0. The Balaban J connectivity index is 0.000000217. The van der Waals surface area contributed by atoms with Crippen molar-refractivity contribution in [2.24, 2.45) is 10.8 Å². The van der Waals surface area contributed by atoms with Gasteiger partial charge < -0.3 is 38.6 Å². The van der Waals surface area contributed by atoms with Crippen LogP contribution in [0, 0.1) is 10.8 Å². The molecule has 434 valence electrons. The Bertz CT molecular complexity index is 3170. The van der Waals surface area contributed by atoms with Gasteiger partial charge in [0, 0.05) is 84.7 Å². The van der Waals surface area contributed by atoms with E-state index in [2.05, 4.69) is 60.9 Å². The first-order valence-electron chi connectivity index (χ1n) is 28.5. The molecule has 0 bridgehead atoms. The molecular formula is C68H78I2N2O10. The molecular weight excluding hydrogens is 1260 g/mol. The molecule has 2 unspecified atom stereocenters. The van der Waals surface area contributed by atoms with Crippen LogP contribution in [0.15, 0.2) is 133 Å². The van der Waals surface area contributed by atoms with Crippen LogP contribution in [-0.4, -0.2) is 84.4 Å². The molecule has 0 spiro atoms. The highest BCUT2D eigenvalue weighted by Gasteiger charge is 2.33. The lowest BCUT2D eigenvalue weighted by molar-refractivity contribution is -0.143. The smallest absolute Gasteiger partial charge is 0.316 e. The van der Waals surface area contributed by atoms with Crippen LogP contribution in [-0.2, 0) is 9.59 Å².